The van der Waals surface area contributed by atoms with Gasteiger partial charge < -0.3 is 10.6 Å². The van der Waals surface area contributed by atoms with Gasteiger partial charge in [0.05, 0.1) is 12.6 Å². The van der Waals surface area contributed by atoms with E-state index in [9.17, 15) is 9.59 Å². The number of hydrogen-bond donors (Lipinski definition) is 2. The van der Waals surface area contributed by atoms with Gasteiger partial charge in [-0.05, 0) is 50.8 Å². The lowest BCUT2D eigenvalue weighted by Crippen LogP contribution is -2.55. The minimum atomic E-state index is -0.0958. The van der Waals surface area contributed by atoms with Crippen molar-refractivity contribution in [1.29, 1.82) is 0 Å². The summed E-state index contributed by atoms with van der Waals surface area (Å²) in [7, 11) is 0. The molecule has 6 heteroatoms. The van der Waals surface area contributed by atoms with Gasteiger partial charge in [0.1, 0.15) is 0 Å². The molecule has 142 valence electrons. The smallest absolute Gasteiger partial charge is 0.238 e. The van der Waals surface area contributed by atoms with Crippen LogP contribution in [0.3, 0.4) is 0 Å². The van der Waals surface area contributed by atoms with Crippen LogP contribution in [-0.2, 0) is 9.59 Å². The molecule has 0 bridgehead atoms. The van der Waals surface area contributed by atoms with Crippen molar-refractivity contribution < 1.29 is 9.59 Å². The predicted octanol–water partition coefficient (Wildman–Crippen LogP) is 1.53. The van der Waals surface area contributed by atoms with Gasteiger partial charge in [-0.3, -0.25) is 19.4 Å². The lowest BCUT2D eigenvalue weighted by molar-refractivity contribution is -0.127. The number of carbonyl (C=O) groups is 2. The Kier molecular flexibility index (Phi) is 5.94. The van der Waals surface area contributed by atoms with E-state index in [1.807, 2.05) is 39.0 Å². The number of nitrogens with zero attached hydrogens (tertiary/aromatic N) is 2. The van der Waals surface area contributed by atoms with Crippen molar-refractivity contribution in [2.75, 3.05) is 38.0 Å². The Morgan fingerprint density at radius 2 is 1.85 bits per heavy atom. The molecule has 0 spiro atoms. The molecule has 1 heterocycles. The van der Waals surface area contributed by atoms with Crippen molar-refractivity contribution in [3.05, 3.63) is 29.3 Å². The monoisotopic (exact) mass is 358 g/mol. The second-order valence-electron chi connectivity index (χ2n) is 7.57. The molecule has 1 aromatic carbocycles. The van der Waals surface area contributed by atoms with E-state index in [1.54, 1.807) is 0 Å². The molecule has 6 nitrogen and oxygen atoms in total. The van der Waals surface area contributed by atoms with Gasteiger partial charge in [0.15, 0.2) is 0 Å². The van der Waals surface area contributed by atoms with E-state index in [0.29, 0.717) is 12.6 Å². The number of piperazine rings is 1. The van der Waals surface area contributed by atoms with Crippen LogP contribution in [0.5, 0.6) is 0 Å². The summed E-state index contributed by atoms with van der Waals surface area (Å²) in [5.74, 6) is 0.153. The molecule has 1 saturated carbocycles. The van der Waals surface area contributed by atoms with Gasteiger partial charge in [-0.2, -0.15) is 0 Å². The van der Waals surface area contributed by atoms with Crippen molar-refractivity contribution >= 4 is 17.5 Å². The molecule has 2 N–H and O–H groups in total. The summed E-state index contributed by atoms with van der Waals surface area (Å²) in [6, 6.07) is 6.26. The maximum atomic E-state index is 12.4. The number of nitrogens with one attached hydrogen (secondary N) is 2. The average Bonchev–Trinajstić information content (AvgIpc) is 3.43. The van der Waals surface area contributed by atoms with Crippen LogP contribution in [0.1, 0.15) is 30.9 Å². The van der Waals surface area contributed by atoms with E-state index >= 15 is 0 Å². The molecule has 2 fully saturated rings. The number of hydrogen-bond acceptors (Lipinski definition) is 4. The molecule has 1 saturated heterocycles. The number of carbonyl (C=O) groups excluding carboxylic acids is 2. The molecular weight excluding hydrogens is 328 g/mol. The van der Waals surface area contributed by atoms with Crippen LogP contribution in [0, 0.1) is 13.8 Å². The van der Waals surface area contributed by atoms with Gasteiger partial charge in [0, 0.05) is 37.9 Å². The first kappa shape index (κ1) is 18.9. The first-order chi connectivity index (χ1) is 12.4. The Morgan fingerprint density at radius 1 is 1.15 bits per heavy atom. The second kappa shape index (κ2) is 8.18. The van der Waals surface area contributed by atoms with Crippen molar-refractivity contribution in [3.8, 4) is 0 Å². The third-order valence-corrected chi connectivity index (χ3v) is 5.50. The molecule has 1 atom stereocenters. The van der Waals surface area contributed by atoms with Crippen LogP contribution < -0.4 is 10.6 Å². The molecule has 0 aromatic heterocycles. The quantitative estimate of drug-likeness (QED) is 0.809. The topological polar surface area (TPSA) is 64.7 Å². The lowest BCUT2D eigenvalue weighted by atomic mass is 10.1. The molecule has 0 radical (unpaired) electrons. The summed E-state index contributed by atoms with van der Waals surface area (Å²) >= 11 is 0. The Bertz CT molecular complexity index is 664. The molecule has 2 amide bonds. The zero-order chi connectivity index (χ0) is 18.7. The molecule has 2 aliphatic rings. The van der Waals surface area contributed by atoms with Crippen LogP contribution in [-0.4, -0.2) is 66.4 Å². The van der Waals surface area contributed by atoms with Crippen LogP contribution in [0.4, 0.5) is 5.69 Å². The molecule has 1 aliphatic carbocycles. The van der Waals surface area contributed by atoms with E-state index in [0.717, 1.165) is 50.3 Å². The first-order valence-corrected chi connectivity index (χ1v) is 9.57. The maximum absolute atomic E-state index is 12.4. The Balaban J connectivity index is 1.43. The minimum Gasteiger partial charge on any atom is -0.352 e. The van der Waals surface area contributed by atoms with Crippen molar-refractivity contribution in [1.82, 2.24) is 15.1 Å². The van der Waals surface area contributed by atoms with Gasteiger partial charge in [0.2, 0.25) is 11.8 Å². The fraction of sp³-hybridized carbons (Fsp3) is 0.600. The predicted molar refractivity (Wildman–Crippen MR) is 103 cm³/mol. The summed E-state index contributed by atoms with van der Waals surface area (Å²) < 4.78 is 0. The number of amides is 2. The maximum Gasteiger partial charge on any atom is 0.238 e. The third kappa shape index (κ3) is 4.83. The van der Waals surface area contributed by atoms with Crippen molar-refractivity contribution in [3.63, 3.8) is 0 Å². The highest BCUT2D eigenvalue weighted by molar-refractivity contribution is 5.93. The third-order valence-electron chi connectivity index (χ3n) is 5.50. The number of anilines is 1. The van der Waals surface area contributed by atoms with Crippen LogP contribution in [0.15, 0.2) is 18.2 Å². The van der Waals surface area contributed by atoms with Gasteiger partial charge in [-0.25, -0.2) is 0 Å². The fourth-order valence-corrected chi connectivity index (χ4v) is 3.30. The Hall–Kier alpha value is -1.92. The molecule has 3 rings (SSSR count). The largest absolute Gasteiger partial charge is 0.352 e. The van der Waals surface area contributed by atoms with Gasteiger partial charge in [-0.15, -0.1) is 0 Å². The van der Waals surface area contributed by atoms with Gasteiger partial charge in [0.25, 0.3) is 0 Å². The first-order valence-electron chi connectivity index (χ1n) is 9.57. The zero-order valence-electron chi connectivity index (χ0n) is 16.0. The van der Waals surface area contributed by atoms with E-state index in [2.05, 4.69) is 20.4 Å². The molecule has 26 heavy (non-hydrogen) atoms. The zero-order valence-corrected chi connectivity index (χ0v) is 16.0. The number of rotatable bonds is 6. The van der Waals surface area contributed by atoms with E-state index in [-0.39, 0.29) is 17.9 Å². The van der Waals surface area contributed by atoms with Crippen LogP contribution in [0.2, 0.25) is 0 Å². The lowest BCUT2D eigenvalue weighted by Gasteiger charge is -2.37. The fourth-order valence-electron chi connectivity index (χ4n) is 3.30. The van der Waals surface area contributed by atoms with Gasteiger partial charge in [-0.1, -0.05) is 12.1 Å². The van der Waals surface area contributed by atoms with Crippen molar-refractivity contribution in [2.45, 2.75) is 45.7 Å². The highest BCUT2D eigenvalue weighted by atomic mass is 16.2. The second-order valence-corrected chi connectivity index (χ2v) is 7.57. The highest BCUT2D eigenvalue weighted by Gasteiger charge is 2.30. The summed E-state index contributed by atoms with van der Waals surface area (Å²) in [5, 5.41) is 6.09. The average molecular weight is 358 g/mol. The highest BCUT2D eigenvalue weighted by Crippen LogP contribution is 2.20. The summed E-state index contributed by atoms with van der Waals surface area (Å²) in [5.41, 5.74) is 3.18. The minimum absolute atomic E-state index is 0.0201. The standard InChI is InChI=1S/C20H30N4O2/c1-14-5-4-6-18(15(14)2)22-19(25)13-23-9-11-24(12-10-23)16(3)20(26)21-17-7-8-17/h4-6,16-17H,7-13H2,1-3H3,(H,21,26)(H,22,25)/t16-/m0/s1. The Morgan fingerprint density at radius 3 is 2.50 bits per heavy atom. The molecule has 0 unspecified atom stereocenters. The molecule has 1 aliphatic heterocycles. The SMILES string of the molecule is Cc1cccc(NC(=O)CN2CCN([C@@H](C)C(=O)NC3CC3)CC2)c1C. The molecular formula is C20H30N4O2. The number of benzene rings is 1. The number of aryl methyl sites for hydroxylation is 1. The van der Waals surface area contributed by atoms with Crippen LogP contribution >= 0.6 is 0 Å². The summed E-state index contributed by atoms with van der Waals surface area (Å²) in [6.07, 6.45) is 2.23. The van der Waals surface area contributed by atoms with Gasteiger partial charge >= 0.3 is 0 Å². The Labute approximate surface area is 155 Å². The van der Waals surface area contributed by atoms with E-state index in [1.165, 1.54) is 5.56 Å². The summed E-state index contributed by atoms with van der Waals surface area (Å²) in [6.45, 7) is 9.68. The van der Waals surface area contributed by atoms with Crippen molar-refractivity contribution in [2.24, 2.45) is 0 Å². The summed E-state index contributed by atoms with van der Waals surface area (Å²) in [4.78, 5) is 28.9. The van der Waals surface area contributed by atoms with Crippen LogP contribution in [0.25, 0.3) is 0 Å². The molecule has 1 aromatic rings. The van der Waals surface area contributed by atoms with E-state index in [4.69, 9.17) is 0 Å². The van der Waals surface area contributed by atoms with E-state index < -0.39 is 0 Å². The normalized spacial score (nSPS) is 19.8.